The fraction of sp³-hybridized carbons (Fsp3) is 0.286. The van der Waals surface area contributed by atoms with Gasteiger partial charge in [0.05, 0.1) is 20.5 Å². The summed E-state index contributed by atoms with van der Waals surface area (Å²) in [5.41, 5.74) is 2.58. The minimum atomic E-state index is 0.0532. The fourth-order valence-corrected chi connectivity index (χ4v) is 3.64. The molecule has 1 aliphatic heterocycles. The molecule has 0 saturated carbocycles. The van der Waals surface area contributed by atoms with Gasteiger partial charge in [0.1, 0.15) is 17.1 Å². The van der Waals surface area contributed by atoms with E-state index in [2.05, 4.69) is 0 Å². The Morgan fingerprint density at radius 2 is 2.00 bits per heavy atom. The van der Waals surface area contributed by atoms with Crippen molar-refractivity contribution in [3.8, 4) is 11.5 Å². The predicted octanol–water partition coefficient (Wildman–Crippen LogP) is 4.08. The van der Waals surface area contributed by atoms with E-state index < -0.39 is 0 Å². The highest BCUT2D eigenvalue weighted by atomic mass is 16.5. The van der Waals surface area contributed by atoms with E-state index in [9.17, 15) is 4.79 Å². The normalized spacial score (nSPS) is 16.8. The summed E-state index contributed by atoms with van der Waals surface area (Å²) < 4.78 is 16.2. The molecule has 0 unspecified atom stereocenters. The number of hydrogen-bond acceptors (Lipinski definition) is 4. The summed E-state index contributed by atoms with van der Waals surface area (Å²) in [6.45, 7) is 1.40. The molecule has 1 aliphatic rings. The second-order valence-electron chi connectivity index (χ2n) is 6.52. The lowest BCUT2D eigenvalue weighted by molar-refractivity contribution is 0.0791. The van der Waals surface area contributed by atoms with Gasteiger partial charge in [-0.05, 0) is 48.9 Å². The highest BCUT2D eigenvalue weighted by Crippen LogP contribution is 2.36. The van der Waals surface area contributed by atoms with Gasteiger partial charge in [-0.1, -0.05) is 0 Å². The molecule has 1 aromatic heterocycles. The van der Waals surface area contributed by atoms with Crippen LogP contribution in [0.1, 0.15) is 28.3 Å². The first-order chi connectivity index (χ1) is 12.7. The summed E-state index contributed by atoms with van der Waals surface area (Å²) >= 11 is 0. The highest BCUT2D eigenvalue weighted by molar-refractivity contribution is 5.98. The molecule has 0 spiro atoms. The number of nitrogens with zero attached hydrogens (tertiary/aromatic N) is 1. The molecule has 5 heteroatoms. The quantitative estimate of drug-likeness (QED) is 0.711. The Morgan fingerprint density at radius 3 is 2.81 bits per heavy atom. The van der Waals surface area contributed by atoms with Crippen LogP contribution >= 0.6 is 0 Å². The van der Waals surface area contributed by atoms with E-state index in [4.69, 9.17) is 13.9 Å². The van der Waals surface area contributed by atoms with Gasteiger partial charge in [0.25, 0.3) is 5.91 Å². The molecule has 1 amide bonds. The van der Waals surface area contributed by atoms with Crippen LogP contribution < -0.4 is 9.47 Å². The average molecular weight is 351 g/mol. The summed E-state index contributed by atoms with van der Waals surface area (Å²) in [4.78, 5) is 14.8. The number of benzene rings is 2. The van der Waals surface area contributed by atoms with Gasteiger partial charge in [-0.15, -0.1) is 0 Å². The molecule has 5 nitrogen and oxygen atoms in total. The lowest BCUT2D eigenvalue weighted by Crippen LogP contribution is -2.28. The van der Waals surface area contributed by atoms with E-state index in [1.165, 1.54) is 0 Å². The molecule has 1 fully saturated rings. The zero-order chi connectivity index (χ0) is 18.1. The van der Waals surface area contributed by atoms with Crippen molar-refractivity contribution in [2.24, 2.45) is 0 Å². The monoisotopic (exact) mass is 351 g/mol. The van der Waals surface area contributed by atoms with Gasteiger partial charge in [-0.25, -0.2) is 0 Å². The molecule has 1 atom stereocenters. The third-order valence-electron chi connectivity index (χ3n) is 5.05. The van der Waals surface area contributed by atoms with Crippen LogP contribution in [0.4, 0.5) is 0 Å². The third-order valence-corrected chi connectivity index (χ3v) is 5.05. The molecule has 0 N–H and O–H groups in total. The minimum absolute atomic E-state index is 0.0532. The molecular weight excluding hydrogens is 330 g/mol. The molecular formula is C21H21NO4. The maximum absolute atomic E-state index is 12.9. The summed E-state index contributed by atoms with van der Waals surface area (Å²) in [5, 5.41) is 0.945. The lowest BCUT2D eigenvalue weighted by atomic mass is 9.97. The fourth-order valence-electron chi connectivity index (χ4n) is 3.64. The van der Waals surface area contributed by atoms with Crippen molar-refractivity contribution in [3.05, 3.63) is 59.9 Å². The zero-order valence-corrected chi connectivity index (χ0v) is 14.9. The SMILES string of the molecule is COc1ccc(OC)c([C@@H]2CCN(C(=O)c3ccc4occc4c3)C2)c1. The zero-order valence-electron chi connectivity index (χ0n) is 14.9. The Balaban J connectivity index is 1.55. The van der Waals surface area contributed by atoms with E-state index in [0.29, 0.717) is 12.1 Å². The largest absolute Gasteiger partial charge is 0.497 e. The van der Waals surface area contributed by atoms with Crippen LogP contribution in [0.2, 0.25) is 0 Å². The van der Waals surface area contributed by atoms with E-state index >= 15 is 0 Å². The van der Waals surface area contributed by atoms with Crippen molar-refractivity contribution in [3.63, 3.8) is 0 Å². The van der Waals surface area contributed by atoms with Crippen LogP contribution in [0.25, 0.3) is 11.0 Å². The van der Waals surface area contributed by atoms with Crippen molar-refractivity contribution >= 4 is 16.9 Å². The van der Waals surface area contributed by atoms with Crippen molar-refractivity contribution < 1.29 is 18.7 Å². The second-order valence-corrected chi connectivity index (χ2v) is 6.52. The molecule has 2 heterocycles. The van der Waals surface area contributed by atoms with Gasteiger partial charge in [0.15, 0.2) is 0 Å². The maximum Gasteiger partial charge on any atom is 0.253 e. The molecule has 1 saturated heterocycles. The standard InChI is InChI=1S/C21H21NO4/c1-24-17-4-6-20(25-2)18(12-17)16-7-9-22(13-16)21(23)15-3-5-19-14(11-15)8-10-26-19/h3-6,8,10-12,16H,7,9,13H2,1-2H3/t16-/m1/s1. The van der Waals surface area contributed by atoms with Gasteiger partial charge in [0, 0.05) is 35.5 Å². The molecule has 0 bridgehead atoms. The highest BCUT2D eigenvalue weighted by Gasteiger charge is 2.30. The van der Waals surface area contributed by atoms with Crippen molar-refractivity contribution in [2.45, 2.75) is 12.3 Å². The number of rotatable bonds is 4. The van der Waals surface area contributed by atoms with Crippen molar-refractivity contribution in [1.29, 1.82) is 0 Å². The molecule has 0 aliphatic carbocycles. The molecule has 134 valence electrons. The van der Waals surface area contributed by atoms with E-state index in [0.717, 1.165) is 41.0 Å². The van der Waals surface area contributed by atoms with Gasteiger partial charge in [-0.2, -0.15) is 0 Å². The van der Waals surface area contributed by atoms with Crippen molar-refractivity contribution in [1.82, 2.24) is 4.90 Å². The first-order valence-electron chi connectivity index (χ1n) is 8.68. The molecule has 0 radical (unpaired) electrons. The van der Waals surface area contributed by atoms with Gasteiger partial charge in [0.2, 0.25) is 0 Å². The number of amides is 1. The Labute approximate surface area is 152 Å². The Kier molecular flexibility index (Phi) is 4.29. The Hall–Kier alpha value is -2.95. The first kappa shape index (κ1) is 16.5. The van der Waals surface area contributed by atoms with Crippen LogP contribution in [-0.4, -0.2) is 38.1 Å². The number of likely N-dealkylation sites (tertiary alicyclic amines) is 1. The Morgan fingerprint density at radius 1 is 1.12 bits per heavy atom. The topological polar surface area (TPSA) is 51.9 Å². The first-order valence-corrected chi connectivity index (χ1v) is 8.68. The number of methoxy groups -OCH3 is 2. The third kappa shape index (κ3) is 2.90. The number of ether oxygens (including phenoxy) is 2. The number of furan rings is 1. The maximum atomic E-state index is 12.9. The van der Waals surface area contributed by atoms with Crippen molar-refractivity contribution in [2.75, 3.05) is 27.3 Å². The van der Waals surface area contributed by atoms with Crippen LogP contribution in [0, 0.1) is 0 Å². The van der Waals surface area contributed by atoms with Crippen LogP contribution in [-0.2, 0) is 0 Å². The summed E-state index contributed by atoms with van der Waals surface area (Å²) in [6.07, 6.45) is 2.54. The van der Waals surface area contributed by atoms with E-state index in [-0.39, 0.29) is 11.8 Å². The number of fused-ring (bicyclic) bond motifs is 1. The summed E-state index contributed by atoms with van der Waals surface area (Å²) in [6, 6.07) is 13.3. The summed E-state index contributed by atoms with van der Waals surface area (Å²) in [5.74, 6) is 1.93. The number of carbonyl (C=O) groups is 1. The molecule has 3 aromatic rings. The average Bonchev–Trinajstić information content (AvgIpc) is 3.35. The summed E-state index contributed by atoms with van der Waals surface area (Å²) in [7, 11) is 3.32. The number of hydrogen-bond donors (Lipinski definition) is 0. The molecule has 4 rings (SSSR count). The number of carbonyl (C=O) groups excluding carboxylic acids is 1. The van der Waals surface area contributed by atoms with Gasteiger partial charge in [-0.3, -0.25) is 4.79 Å². The lowest BCUT2D eigenvalue weighted by Gasteiger charge is -2.18. The van der Waals surface area contributed by atoms with E-state index in [1.807, 2.05) is 47.4 Å². The van der Waals surface area contributed by atoms with Crippen LogP contribution in [0.3, 0.4) is 0 Å². The molecule has 2 aromatic carbocycles. The second kappa shape index (κ2) is 6.75. The van der Waals surface area contributed by atoms with Gasteiger partial charge >= 0.3 is 0 Å². The Bertz CT molecular complexity index is 946. The smallest absolute Gasteiger partial charge is 0.253 e. The van der Waals surface area contributed by atoms with Crippen LogP contribution in [0.15, 0.2) is 53.1 Å². The predicted molar refractivity (Wildman–Crippen MR) is 99.0 cm³/mol. The van der Waals surface area contributed by atoms with Gasteiger partial charge < -0.3 is 18.8 Å². The minimum Gasteiger partial charge on any atom is -0.497 e. The van der Waals surface area contributed by atoms with Crippen LogP contribution in [0.5, 0.6) is 11.5 Å². The van der Waals surface area contributed by atoms with E-state index in [1.54, 1.807) is 20.5 Å². The molecule has 26 heavy (non-hydrogen) atoms.